The fourth-order valence-corrected chi connectivity index (χ4v) is 1.99. The minimum absolute atomic E-state index is 0.0275. The molecule has 0 amide bonds. The van der Waals surface area contributed by atoms with Gasteiger partial charge in [-0.1, -0.05) is 0 Å². The lowest BCUT2D eigenvalue weighted by Gasteiger charge is -2.30. The van der Waals surface area contributed by atoms with Crippen LogP contribution in [0.15, 0.2) is 23.5 Å². The van der Waals surface area contributed by atoms with Crippen molar-refractivity contribution in [3.05, 3.63) is 23.5 Å². The molecule has 7 nitrogen and oxygen atoms in total. The zero-order valence-electron chi connectivity index (χ0n) is 10.9. The number of ether oxygens (including phenoxy) is 2. The maximum atomic E-state index is 11.8. The van der Waals surface area contributed by atoms with Gasteiger partial charge in [-0.2, -0.15) is 0 Å². The van der Waals surface area contributed by atoms with Gasteiger partial charge in [0.25, 0.3) is 0 Å². The van der Waals surface area contributed by atoms with Gasteiger partial charge < -0.3 is 9.47 Å². The van der Waals surface area contributed by atoms with Crippen LogP contribution in [0, 0.1) is 5.92 Å². The Morgan fingerprint density at radius 1 is 1.42 bits per heavy atom. The normalized spacial score (nSPS) is 21.9. The van der Waals surface area contributed by atoms with Crippen LogP contribution in [-0.4, -0.2) is 48.6 Å². The molecule has 0 radical (unpaired) electrons. The van der Waals surface area contributed by atoms with E-state index in [2.05, 4.69) is 4.74 Å². The molecule has 0 fully saturated rings. The first-order valence-corrected chi connectivity index (χ1v) is 5.79. The van der Waals surface area contributed by atoms with Crippen molar-refractivity contribution in [1.82, 2.24) is 10.0 Å². The van der Waals surface area contributed by atoms with E-state index in [-0.39, 0.29) is 17.9 Å². The van der Waals surface area contributed by atoms with E-state index < -0.39 is 23.8 Å². The van der Waals surface area contributed by atoms with Crippen LogP contribution in [0.25, 0.3) is 0 Å². The average molecular weight is 266 g/mol. The quantitative estimate of drug-likeness (QED) is 0.517. The summed E-state index contributed by atoms with van der Waals surface area (Å²) in [6.45, 7) is 1.87. The van der Waals surface area contributed by atoms with Crippen molar-refractivity contribution >= 4 is 17.9 Å². The molecule has 0 aliphatic carbocycles. The number of rotatable bonds is 3. The molecule has 0 aromatic rings. The first-order valence-electron chi connectivity index (χ1n) is 5.79. The Balaban J connectivity index is 2.43. The second kappa shape index (κ2) is 4.85. The third-order valence-electron chi connectivity index (χ3n) is 2.79. The minimum atomic E-state index is -0.898. The second-order valence-corrected chi connectivity index (χ2v) is 4.20. The lowest BCUT2D eigenvalue weighted by Crippen LogP contribution is -2.38. The number of hydrogen-bond acceptors (Lipinski definition) is 7. The number of esters is 3. The summed E-state index contributed by atoms with van der Waals surface area (Å²) in [6.07, 6.45) is 3.05. The van der Waals surface area contributed by atoms with E-state index in [4.69, 9.17) is 4.74 Å². The summed E-state index contributed by atoms with van der Waals surface area (Å²) in [5.74, 6) is -3.02. The molecule has 0 bridgehead atoms. The highest BCUT2D eigenvalue weighted by molar-refractivity contribution is 6.15. The molecule has 19 heavy (non-hydrogen) atoms. The standard InChI is InChI=1S/C12H14N2O5/c1-4-18-10(15)7-5-6-14(13(2)3)9-8(7)11(16)19-12(9)17/h5-7H,4H2,1-3H3. The van der Waals surface area contributed by atoms with E-state index in [0.29, 0.717) is 0 Å². The van der Waals surface area contributed by atoms with Gasteiger partial charge in [0.1, 0.15) is 5.92 Å². The third-order valence-corrected chi connectivity index (χ3v) is 2.79. The Morgan fingerprint density at radius 2 is 2.11 bits per heavy atom. The minimum Gasteiger partial charge on any atom is -0.465 e. The molecule has 0 saturated heterocycles. The van der Waals surface area contributed by atoms with Gasteiger partial charge in [-0.15, -0.1) is 0 Å². The number of hydrazine groups is 1. The van der Waals surface area contributed by atoms with Crippen LogP contribution in [0.2, 0.25) is 0 Å². The molecule has 2 aliphatic heterocycles. The number of carbonyl (C=O) groups excluding carboxylic acids is 3. The van der Waals surface area contributed by atoms with Gasteiger partial charge in [-0.3, -0.25) is 9.80 Å². The SMILES string of the molecule is CCOC(=O)C1C=CN(N(C)C)C2=C1C(=O)OC2=O. The molecule has 102 valence electrons. The number of hydrogen-bond donors (Lipinski definition) is 0. The molecular formula is C12H14N2O5. The van der Waals surface area contributed by atoms with Gasteiger partial charge in [-0.25, -0.2) is 14.6 Å². The maximum absolute atomic E-state index is 11.8. The topological polar surface area (TPSA) is 76.2 Å². The lowest BCUT2D eigenvalue weighted by molar-refractivity contribution is -0.154. The Kier molecular flexibility index (Phi) is 3.39. The number of nitrogens with zero attached hydrogens (tertiary/aromatic N) is 2. The summed E-state index contributed by atoms with van der Waals surface area (Å²) in [6, 6.07) is 0. The number of carbonyl (C=O) groups is 3. The Bertz CT molecular complexity index is 506. The van der Waals surface area contributed by atoms with Crippen LogP contribution in [0.3, 0.4) is 0 Å². The highest BCUT2D eigenvalue weighted by Gasteiger charge is 2.45. The van der Waals surface area contributed by atoms with Crippen molar-refractivity contribution in [3.63, 3.8) is 0 Å². The van der Waals surface area contributed by atoms with Crippen LogP contribution in [0.1, 0.15) is 6.92 Å². The highest BCUT2D eigenvalue weighted by Crippen LogP contribution is 2.33. The highest BCUT2D eigenvalue weighted by atomic mass is 16.6. The summed E-state index contributed by atoms with van der Waals surface area (Å²) < 4.78 is 9.47. The van der Waals surface area contributed by atoms with Gasteiger partial charge in [0, 0.05) is 20.3 Å². The van der Waals surface area contributed by atoms with Gasteiger partial charge in [0.15, 0.2) is 5.70 Å². The molecule has 1 atom stereocenters. The molecule has 7 heteroatoms. The molecule has 1 unspecified atom stereocenters. The van der Waals surface area contributed by atoms with E-state index in [9.17, 15) is 14.4 Å². The van der Waals surface area contributed by atoms with Gasteiger partial charge >= 0.3 is 17.9 Å². The smallest absolute Gasteiger partial charge is 0.364 e. The Labute approximate surface area is 110 Å². The van der Waals surface area contributed by atoms with Crippen molar-refractivity contribution in [3.8, 4) is 0 Å². The molecule has 0 aromatic carbocycles. The first kappa shape index (κ1) is 13.3. The van der Waals surface area contributed by atoms with Gasteiger partial charge in [0.05, 0.1) is 12.2 Å². The predicted molar refractivity (Wildman–Crippen MR) is 62.9 cm³/mol. The fourth-order valence-electron chi connectivity index (χ4n) is 1.99. The molecule has 0 aromatic heterocycles. The van der Waals surface area contributed by atoms with E-state index in [1.54, 1.807) is 32.2 Å². The first-order chi connectivity index (χ1) is 8.97. The van der Waals surface area contributed by atoms with Crippen molar-refractivity contribution < 1.29 is 23.9 Å². The van der Waals surface area contributed by atoms with Crippen LogP contribution >= 0.6 is 0 Å². The average Bonchev–Trinajstić information content (AvgIpc) is 2.65. The predicted octanol–water partition coefficient (Wildman–Crippen LogP) is -0.191. The maximum Gasteiger partial charge on any atom is 0.364 e. The van der Waals surface area contributed by atoms with E-state index in [0.717, 1.165) is 0 Å². The van der Waals surface area contributed by atoms with Crippen molar-refractivity contribution in [2.24, 2.45) is 5.92 Å². The molecule has 0 spiro atoms. The van der Waals surface area contributed by atoms with E-state index in [1.807, 2.05) is 0 Å². The monoisotopic (exact) mass is 266 g/mol. The zero-order chi connectivity index (χ0) is 14.2. The van der Waals surface area contributed by atoms with Crippen molar-refractivity contribution in [2.45, 2.75) is 6.92 Å². The molecule has 0 saturated carbocycles. The van der Waals surface area contributed by atoms with Crippen molar-refractivity contribution in [1.29, 1.82) is 0 Å². The van der Waals surface area contributed by atoms with E-state index >= 15 is 0 Å². The summed E-state index contributed by atoms with van der Waals surface area (Å²) >= 11 is 0. The number of cyclic esters (lactones) is 2. The summed E-state index contributed by atoms with van der Waals surface area (Å²) in [4.78, 5) is 35.2. The summed E-state index contributed by atoms with van der Waals surface area (Å²) in [5.41, 5.74) is 0.0928. The molecule has 0 N–H and O–H groups in total. The summed E-state index contributed by atoms with van der Waals surface area (Å²) in [5, 5.41) is 3.06. The zero-order valence-corrected chi connectivity index (χ0v) is 10.9. The van der Waals surface area contributed by atoms with Crippen LogP contribution in [0.4, 0.5) is 0 Å². The molecule has 2 aliphatic rings. The molecular weight excluding hydrogens is 252 g/mol. The lowest BCUT2D eigenvalue weighted by atomic mass is 9.95. The largest absolute Gasteiger partial charge is 0.465 e. The Hall–Kier alpha value is -2.15. The Morgan fingerprint density at radius 3 is 2.68 bits per heavy atom. The van der Waals surface area contributed by atoms with E-state index in [1.165, 1.54) is 11.1 Å². The molecule has 2 heterocycles. The fraction of sp³-hybridized carbons (Fsp3) is 0.417. The summed E-state index contributed by atoms with van der Waals surface area (Å²) in [7, 11) is 3.41. The van der Waals surface area contributed by atoms with Gasteiger partial charge in [0.2, 0.25) is 0 Å². The van der Waals surface area contributed by atoms with Crippen LogP contribution in [0.5, 0.6) is 0 Å². The van der Waals surface area contributed by atoms with Gasteiger partial charge in [-0.05, 0) is 13.0 Å². The van der Waals surface area contributed by atoms with Crippen molar-refractivity contribution in [2.75, 3.05) is 20.7 Å². The molecule has 2 rings (SSSR count). The third kappa shape index (κ3) is 2.12. The second-order valence-electron chi connectivity index (χ2n) is 4.20. The van der Waals surface area contributed by atoms with Crippen LogP contribution < -0.4 is 0 Å². The van der Waals surface area contributed by atoms with Crippen LogP contribution in [-0.2, 0) is 23.9 Å².